The summed E-state index contributed by atoms with van der Waals surface area (Å²) in [5.74, 6) is 0.460. The summed E-state index contributed by atoms with van der Waals surface area (Å²) >= 11 is 1.55. The lowest BCUT2D eigenvalue weighted by atomic mass is 9.95. The van der Waals surface area contributed by atoms with Crippen LogP contribution in [-0.2, 0) is 9.53 Å². The Labute approximate surface area is 139 Å². The molecule has 2 aliphatic rings. The van der Waals surface area contributed by atoms with Gasteiger partial charge in [-0.2, -0.15) is 0 Å². The number of carbonyl (C=O) groups is 1. The Morgan fingerprint density at radius 1 is 1.35 bits per heavy atom. The van der Waals surface area contributed by atoms with Gasteiger partial charge in [-0.3, -0.25) is 0 Å². The van der Waals surface area contributed by atoms with Gasteiger partial charge in [-0.25, -0.2) is 9.79 Å². The fourth-order valence-corrected chi connectivity index (χ4v) is 3.48. The zero-order chi connectivity index (χ0) is 16.4. The van der Waals surface area contributed by atoms with E-state index in [1.54, 1.807) is 25.8 Å². The summed E-state index contributed by atoms with van der Waals surface area (Å²) in [7, 11) is 1.63. The van der Waals surface area contributed by atoms with Crippen molar-refractivity contribution in [3.05, 3.63) is 52.7 Å². The molecule has 0 aliphatic carbocycles. The normalized spacial score (nSPS) is 19.5. The van der Waals surface area contributed by atoms with Crippen LogP contribution in [0.3, 0.4) is 0 Å². The number of methoxy groups -OCH3 is 1. The Morgan fingerprint density at radius 2 is 2.09 bits per heavy atom. The molecule has 0 spiro atoms. The van der Waals surface area contributed by atoms with Gasteiger partial charge in [0, 0.05) is 6.20 Å². The predicted octanol–water partition coefficient (Wildman–Crippen LogP) is 3.46. The second kappa shape index (κ2) is 6.50. The maximum absolute atomic E-state index is 12.5. The molecule has 3 rings (SSSR count). The maximum Gasteiger partial charge on any atom is 0.338 e. The van der Waals surface area contributed by atoms with Crippen LogP contribution in [0.2, 0.25) is 0 Å². The third kappa shape index (κ3) is 2.86. The van der Waals surface area contributed by atoms with Crippen molar-refractivity contribution in [1.29, 1.82) is 0 Å². The van der Waals surface area contributed by atoms with Crippen molar-refractivity contribution in [2.45, 2.75) is 19.9 Å². The monoisotopic (exact) mass is 330 g/mol. The first-order valence-electron chi connectivity index (χ1n) is 7.38. The first-order chi connectivity index (χ1) is 11.2. The molecule has 5 nitrogen and oxygen atoms in total. The summed E-state index contributed by atoms with van der Waals surface area (Å²) < 4.78 is 10.5. The Morgan fingerprint density at radius 3 is 2.74 bits per heavy atom. The van der Waals surface area contributed by atoms with Crippen molar-refractivity contribution in [2.75, 3.05) is 13.7 Å². The van der Waals surface area contributed by atoms with Crippen LogP contribution in [0.5, 0.6) is 5.75 Å². The number of amidine groups is 1. The molecule has 0 N–H and O–H groups in total. The highest BCUT2D eigenvalue weighted by molar-refractivity contribution is 8.16. The molecule has 1 atom stereocenters. The van der Waals surface area contributed by atoms with Crippen LogP contribution in [0.15, 0.2) is 52.1 Å². The highest BCUT2D eigenvalue weighted by Crippen LogP contribution is 2.41. The average Bonchev–Trinajstić information content (AvgIpc) is 3.01. The van der Waals surface area contributed by atoms with Crippen LogP contribution in [0.1, 0.15) is 25.5 Å². The van der Waals surface area contributed by atoms with Gasteiger partial charge in [0.05, 0.1) is 31.0 Å². The lowest BCUT2D eigenvalue weighted by Crippen LogP contribution is -2.34. The van der Waals surface area contributed by atoms with Crippen molar-refractivity contribution < 1.29 is 14.3 Å². The van der Waals surface area contributed by atoms with Gasteiger partial charge in [0.2, 0.25) is 0 Å². The molecule has 0 radical (unpaired) electrons. The minimum atomic E-state index is -0.320. The number of thioether (sulfide) groups is 1. The van der Waals surface area contributed by atoms with E-state index in [1.807, 2.05) is 47.7 Å². The molecule has 1 aromatic carbocycles. The molecule has 0 amide bonds. The molecule has 120 valence electrons. The quantitative estimate of drug-likeness (QED) is 0.791. The summed E-state index contributed by atoms with van der Waals surface area (Å²) in [5.41, 5.74) is 2.27. The molecule has 0 saturated heterocycles. The van der Waals surface area contributed by atoms with Gasteiger partial charge in [0.25, 0.3) is 0 Å². The number of fused-ring (bicyclic) bond motifs is 1. The lowest BCUT2D eigenvalue weighted by molar-refractivity contribution is -0.139. The molecule has 0 aromatic heterocycles. The molecule has 0 unspecified atom stereocenters. The number of rotatable bonds is 4. The highest BCUT2D eigenvalue weighted by atomic mass is 32.2. The van der Waals surface area contributed by atoms with Gasteiger partial charge < -0.3 is 14.4 Å². The number of benzene rings is 1. The van der Waals surface area contributed by atoms with Gasteiger partial charge in [-0.15, -0.1) is 0 Å². The molecule has 6 heteroatoms. The Hall–Kier alpha value is -2.21. The van der Waals surface area contributed by atoms with Crippen molar-refractivity contribution in [3.63, 3.8) is 0 Å². The van der Waals surface area contributed by atoms with E-state index in [9.17, 15) is 4.79 Å². The zero-order valence-corrected chi connectivity index (χ0v) is 14.1. The standard InChI is InChI=1S/C17H18N2O3S/c1-4-22-16(20)14-11(2)18-17-19(9-10-23-17)15(14)12-5-7-13(21-3)8-6-12/h5-10,15H,4H2,1-3H3/t15-/m1/s1. The Bertz CT molecular complexity index is 707. The summed E-state index contributed by atoms with van der Waals surface area (Å²) in [6.07, 6.45) is 1.95. The van der Waals surface area contributed by atoms with Crippen LogP contribution in [0.25, 0.3) is 0 Å². The van der Waals surface area contributed by atoms with Gasteiger partial charge >= 0.3 is 5.97 Å². The number of ether oxygens (including phenoxy) is 2. The van der Waals surface area contributed by atoms with Crippen molar-refractivity contribution in [1.82, 2.24) is 4.90 Å². The zero-order valence-electron chi connectivity index (χ0n) is 13.3. The molecule has 2 heterocycles. The number of nitrogens with zero attached hydrogens (tertiary/aromatic N) is 2. The van der Waals surface area contributed by atoms with Crippen LogP contribution in [0.4, 0.5) is 0 Å². The number of aliphatic imine (C=N–C) groups is 1. The number of allylic oxidation sites excluding steroid dienone is 1. The van der Waals surface area contributed by atoms with E-state index in [-0.39, 0.29) is 12.0 Å². The summed E-state index contributed by atoms with van der Waals surface area (Å²) in [6.45, 7) is 4.00. The summed E-state index contributed by atoms with van der Waals surface area (Å²) in [4.78, 5) is 19.0. The van der Waals surface area contributed by atoms with E-state index >= 15 is 0 Å². The molecule has 0 bridgehead atoms. The molecule has 2 aliphatic heterocycles. The molecule has 1 aromatic rings. The second-order valence-corrected chi connectivity index (χ2v) is 5.97. The third-order valence-electron chi connectivity index (χ3n) is 3.75. The molecule has 0 saturated carbocycles. The van der Waals surface area contributed by atoms with E-state index in [0.29, 0.717) is 17.9 Å². The minimum Gasteiger partial charge on any atom is -0.497 e. The van der Waals surface area contributed by atoms with Gasteiger partial charge in [-0.05, 0) is 37.0 Å². The van der Waals surface area contributed by atoms with Crippen molar-refractivity contribution >= 4 is 22.9 Å². The van der Waals surface area contributed by atoms with Gasteiger partial charge in [0.1, 0.15) is 5.75 Å². The smallest absolute Gasteiger partial charge is 0.338 e. The van der Waals surface area contributed by atoms with E-state index < -0.39 is 0 Å². The number of esters is 1. The number of hydrogen-bond acceptors (Lipinski definition) is 6. The summed E-state index contributed by atoms with van der Waals surface area (Å²) in [6, 6.07) is 7.49. The number of hydrogen-bond donors (Lipinski definition) is 0. The van der Waals surface area contributed by atoms with Crippen molar-refractivity contribution in [3.8, 4) is 5.75 Å². The van der Waals surface area contributed by atoms with Gasteiger partial charge in [0.15, 0.2) is 5.17 Å². The van der Waals surface area contributed by atoms with Crippen LogP contribution in [-0.4, -0.2) is 29.8 Å². The van der Waals surface area contributed by atoms with E-state index in [2.05, 4.69) is 4.99 Å². The van der Waals surface area contributed by atoms with E-state index in [4.69, 9.17) is 9.47 Å². The van der Waals surface area contributed by atoms with E-state index in [0.717, 1.165) is 16.5 Å². The predicted molar refractivity (Wildman–Crippen MR) is 91.1 cm³/mol. The molecular weight excluding hydrogens is 312 g/mol. The fourth-order valence-electron chi connectivity index (χ4n) is 2.68. The second-order valence-electron chi connectivity index (χ2n) is 5.10. The van der Waals surface area contributed by atoms with E-state index in [1.165, 1.54) is 0 Å². The SMILES string of the molecule is CCOC(=O)C1=C(C)N=C2SC=CN2[C@@H]1c1ccc(OC)cc1. The van der Waals surface area contributed by atoms with Crippen molar-refractivity contribution in [2.24, 2.45) is 4.99 Å². The van der Waals surface area contributed by atoms with Gasteiger partial charge in [-0.1, -0.05) is 23.9 Å². The summed E-state index contributed by atoms with van der Waals surface area (Å²) in [5, 5.41) is 2.84. The Balaban J connectivity index is 2.06. The molecule has 23 heavy (non-hydrogen) atoms. The number of carbonyl (C=O) groups excluding carboxylic acids is 1. The topological polar surface area (TPSA) is 51.1 Å². The molecule has 0 fully saturated rings. The third-order valence-corrected chi connectivity index (χ3v) is 4.52. The van der Waals surface area contributed by atoms with Crippen LogP contribution >= 0.6 is 11.8 Å². The fraction of sp³-hybridized carbons (Fsp3) is 0.294. The maximum atomic E-state index is 12.5. The lowest BCUT2D eigenvalue weighted by Gasteiger charge is -2.33. The average molecular weight is 330 g/mol. The molecular formula is C17H18N2O3S. The first kappa shape index (κ1) is 15.7. The first-order valence-corrected chi connectivity index (χ1v) is 8.26. The van der Waals surface area contributed by atoms with Crippen LogP contribution in [0, 0.1) is 0 Å². The highest BCUT2D eigenvalue weighted by Gasteiger charge is 2.37. The van der Waals surface area contributed by atoms with Crippen LogP contribution < -0.4 is 4.74 Å². The largest absolute Gasteiger partial charge is 0.497 e. The minimum absolute atomic E-state index is 0.237. The Kier molecular flexibility index (Phi) is 4.43.